The lowest BCUT2D eigenvalue weighted by molar-refractivity contribution is 0.598. The molecule has 0 saturated carbocycles. The van der Waals surface area contributed by atoms with E-state index in [1.54, 1.807) is 42.5 Å². The predicted octanol–water partition coefficient (Wildman–Crippen LogP) is 3.78. The summed E-state index contributed by atoms with van der Waals surface area (Å²) in [7, 11) is -3.80. The summed E-state index contributed by atoms with van der Waals surface area (Å²) in [5.74, 6) is 0. The topological polar surface area (TPSA) is 46.5 Å². The van der Waals surface area contributed by atoms with Crippen molar-refractivity contribution in [3.63, 3.8) is 0 Å². The Balaban J connectivity index is 2.30. The van der Waals surface area contributed by atoms with Crippen LogP contribution in [0, 0.1) is 0 Å². The summed E-state index contributed by atoms with van der Waals surface area (Å²) in [6.07, 6.45) is 1.02. The number of benzene rings is 2. The van der Waals surface area contributed by atoms with Crippen molar-refractivity contribution in [1.82, 2.24) is 0 Å². The lowest BCUT2D eigenvalue weighted by Crippen LogP contribution is -2.13. The molecule has 6 heteroatoms. The van der Waals surface area contributed by atoms with Gasteiger partial charge in [0.1, 0.15) is 0 Å². The predicted molar refractivity (Wildman–Crippen MR) is 81.9 cm³/mol. The first kappa shape index (κ1) is 15.0. The standard InChI is InChI=1S/C14H11Cl2NO2S/c15-14(16,12-7-3-1-4-8-12)11-17-20(18,19)13-9-5-2-6-10-13/h1-11H. The highest BCUT2D eigenvalue weighted by atomic mass is 35.5. The van der Waals surface area contributed by atoms with Gasteiger partial charge in [-0.05, 0) is 17.7 Å². The fourth-order valence-corrected chi connectivity index (χ4v) is 2.91. The number of rotatable bonds is 4. The molecule has 0 saturated heterocycles. The van der Waals surface area contributed by atoms with Gasteiger partial charge in [-0.2, -0.15) is 12.8 Å². The molecular weight excluding hydrogens is 317 g/mol. The number of nitrogens with zero attached hydrogens (tertiary/aromatic N) is 1. The van der Waals surface area contributed by atoms with Gasteiger partial charge in [0, 0.05) is 0 Å². The van der Waals surface area contributed by atoms with Gasteiger partial charge >= 0.3 is 0 Å². The lowest BCUT2D eigenvalue weighted by Gasteiger charge is -2.14. The molecule has 0 bridgehead atoms. The highest BCUT2D eigenvalue weighted by molar-refractivity contribution is 7.90. The van der Waals surface area contributed by atoms with E-state index in [1.807, 2.05) is 6.07 Å². The molecule has 2 aromatic rings. The van der Waals surface area contributed by atoms with E-state index in [9.17, 15) is 8.42 Å². The third-order valence-electron chi connectivity index (χ3n) is 2.55. The summed E-state index contributed by atoms with van der Waals surface area (Å²) in [6.45, 7) is 0. The lowest BCUT2D eigenvalue weighted by atomic mass is 10.1. The third-order valence-corrected chi connectivity index (χ3v) is 4.44. The Labute approximate surface area is 127 Å². The number of hydrogen-bond donors (Lipinski definition) is 0. The minimum Gasteiger partial charge on any atom is -0.199 e. The maximum absolute atomic E-state index is 12.0. The van der Waals surface area contributed by atoms with Gasteiger partial charge < -0.3 is 0 Å². The van der Waals surface area contributed by atoms with Crippen LogP contribution in [0.25, 0.3) is 0 Å². The van der Waals surface area contributed by atoms with E-state index in [0.29, 0.717) is 5.56 Å². The van der Waals surface area contributed by atoms with Crippen LogP contribution in [0.2, 0.25) is 0 Å². The second-order valence-electron chi connectivity index (χ2n) is 4.01. The van der Waals surface area contributed by atoms with Crippen LogP contribution in [-0.4, -0.2) is 14.6 Å². The zero-order valence-electron chi connectivity index (χ0n) is 10.3. The first-order chi connectivity index (χ1) is 9.42. The van der Waals surface area contributed by atoms with Crippen LogP contribution in [0.15, 0.2) is 70.0 Å². The Morgan fingerprint density at radius 3 is 1.95 bits per heavy atom. The largest absolute Gasteiger partial charge is 0.282 e. The van der Waals surface area contributed by atoms with Gasteiger partial charge in [0.15, 0.2) is 4.33 Å². The van der Waals surface area contributed by atoms with Crippen molar-refractivity contribution in [2.24, 2.45) is 4.40 Å². The molecule has 3 nitrogen and oxygen atoms in total. The number of halogens is 2. The van der Waals surface area contributed by atoms with Gasteiger partial charge in [-0.1, -0.05) is 71.7 Å². The number of hydrogen-bond acceptors (Lipinski definition) is 2. The molecule has 0 aromatic heterocycles. The van der Waals surface area contributed by atoms with Crippen LogP contribution in [0.5, 0.6) is 0 Å². The zero-order chi connectivity index (χ0) is 14.6. The molecular formula is C14H11Cl2NO2S. The summed E-state index contributed by atoms with van der Waals surface area (Å²) in [4.78, 5) is 0.0912. The molecule has 0 amide bonds. The second-order valence-corrected chi connectivity index (χ2v) is 7.03. The third kappa shape index (κ3) is 3.60. The zero-order valence-corrected chi connectivity index (χ0v) is 12.6. The first-order valence-electron chi connectivity index (χ1n) is 5.72. The van der Waals surface area contributed by atoms with E-state index in [0.717, 1.165) is 6.21 Å². The quantitative estimate of drug-likeness (QED) is 0.633. The summed E-state index contributed by atoms with van der Waals surface area (Å²) in [6, 6.07) is 16.6. The Morgan fingerprint density at radius 2 is 1.40 bits per heavy atom. The molecule has 0 aliphatic carbocycles. The summed E-state index contributed by atoms with van der Waals surface area (Å²) in [5, 5.41) is 0. The van der Waals surface area contributed by atoms with E-state index < -0.39 is 14.4 Å². The Bertz CT molecular complexity index is 698. The summed E-state index contributed by atoms with van der Waals surface area (Å²) >= 11 is 12.2. The van der Waals surface area contributed by atoms with Crippen molar-refractivity contribution in [3.05, 3.63) is 66.2 Å². The number of alkyl halides is 2. The molecule has 0 aliphatic heterocycles. The highest BCUT2D eigenvalue weighted by Gasteiger charge is 2.25. The van der Waals surface area contributed by atoms with E-state index in [4.69, 9.17) is 23.2 Å². The summed E-state index contributed by atoms with van der Waals surface area (Å²) < 4.78 is 26.1. The average molecular weight is 328 g/mol. The number of sulfonamides is 1. The van der Waals surface area contributed by atoms with Crippen molar-refractivity contribution < 1.29 is 8.42 Å². The van der Waals surface area contributed by atoms with Crippen LogP contribution < -0.4 is 0 Å². The van der Waals surface area contributed by atoms with Crippen molar-refractivity contribution in [2.45, 2.75) is 9.23 Å². The first-order valence-corrected chi connectivity index (χ1v) is 7.91. The monoisotopic (exact) mass is 327 g/mol. The molecule has 0 aliphatic rings. The van der Waals surface area contributed by atoms with Gasteiger partial charge in [-0.15, -0.1) is 0 Å². The second kappa shape index (κ2) is 5.95. The molecule has 104 valence electrons. The minimum absolute atomic E-state index is 0.0912. The van der Waals surface area contributed by atoms with E-state index >= 15 is 0 Å². The molecule has 0 heterocycles. The normalized spacial score (nSPS) is 12.7. The molecule has 0 radical (unpaired) electrons. The fraction of sp³-hybridized carbons (Fsp3) is 0.0714. The van der Waals surface area contributed by atoms with E-state index in [2.05, 4.69) is 4.40 Å². The summed E-state index contributed by atoms with van der Waals surface area (Å²) in [5.41, 5.74) is 0.551. The smallest absolute Gasteiger partial charge is 0.199 e. The molecule has 0 N–H and O–H groups in total. The fourth-order valence-electron chi connectivity index (χ4n) is 1.52. The van der Waals surface area contributed by atoms with Crippen molar-refractivity contribution in [3.8, 4) is 0 Å². The van der Waals surface area contributed by atoms with Crippen LogP contribution in [0.3, 0.4) is 0 Å². The molecule has 0 spiro atoms. The van der Waals surface area contributed by atoms with Crippen molar-refractivity contribution in [1.29, 1.82) is 0 Å². The minimum atomic E-state index is -3.80. The Morgan fingerprint density at radius 1 is 0.900 bits per heavy atom. The van der Waals surface area contributed by atoms with Crippen LogP contribution in [0.1, 0.15) is 5.56 Å². The van der Waals surface area contributed by atoms with Gasteiger partial charge in [0.05, 0.1) is 11.1 Å². The van der Waals surface area contributed by atoms with Gasteiger partial charge in [-0.3, -0.25) is 0 Å². The van der Waals surface area contributed by atoms with Crippen LogP contribution in [0.4, 0.5) is 0 Å². The van der Waals surface area contributed by atoms with Crippen molar-refractivity contribution in [2.75, 3.05) is 0 Å². The van der Waals surface area contributed by atoms with E-state index in [-0.39, 0.29) is 4.90 Å². The molecule has 0 unspecified atom stereocenters. The molecule has 20 heavy (non-hydrogen) atoms. The van der Waals surface area contributed by atoms with Gasteiger partial charge in [0.2, 0.25) is 0 Å². The maximum Gasteiger partial charge on any atom is 0.282 e. The SMILES string of the molecule is O=S(=O)(N=CC(Cl)(Cl)c1ccccc1)c1ccccc1. The van der Waals surface area contributed by atoms with Crippen LogP contribution in [-0.2, 0) is 14.4 Å². The van der Waals surface area contributed by atoms with Crippen molar-refractivity contribution >= 4 is 39.4 Å². The highest BCUT2D eigenvalue weighted by Crippen LogP contribution is 2.32. The molecule has 0 atom stereocenters. The Kier molecular flexibility index (Phi) is 4.48. The Hall–Kier alpha value is -1.36. The molecule has 2 aromatic carbocycles. The molecule has 0 fully saturated rings. The van der Waals surface area contributed by atoms with Gasteiger partial charge in [-0.25, -0.2) is 0 Å². The average Bonchev–Trinajstić information content (AvgIpc) is 2.47. The van der Waals surface area contributed by atoms with Crippen LogP contribution >= 0.6 is 23.2 Å². The van der Waals surface area contributed by atoms with E-state index in [1.165, 1.54) is 12.1 Å². The van der Waals surface area contributed by atoms with Gasteiger partial charge in [0.25, 0.3) is 10.0 Å². The maximum atomic E-state index is 12.0. The molecule has 2 rings (SSSR count).